The first-order valence-electron chi connectivity index (χ1n) is 13.1. The number of carbonyl (C=O) groups excluding carboxylic acids is 4. The fraction of sp³-hybridized carbons (Fsp3) is 0.467. The number of hydrogen-bond donors (Lipinski definition) is 0. The number of ether oxygens (including phenoxy) is 7. The minimum atomic E-state index is -1.33. The van der Waals surface area contributed by atoms with E-state index in [2.05, 4.69) is 0 Å². The molecule has 0 radical (unpaired) electrons. The van der Waals surface area contributed by atoms with Gasteiger partial charge in [0.25, 0.3) is 0 Å². The Balaban J connectivity index is 2.06. The normalized spacial score (nSPS) is 21.8. The fourth-order valence-electron chi connectivity index (χ4n) is 4.65. The highest BCUT2D eigenvalue weighted by atomic mass is 16.7. The van der Waals surface area contributed by atoms with E-state index in [0.29, 0.717) is 12.2 Å². The van der Waals surface area contributed by atoms with Crippen molar-refractivity contribution in [3.05, 3.63) is 58.7 Å². The minimum Gasteiger partial charge on any atom is -0.497 e. The molecule has 1 heterocycles. The second-order valence-corrected chi connectivity index (χ2v) is 9.77. The summed E-state index contributed by atoms with van der Waals surface area (Å²) in [6, 6.07) is 11.4. The highest BCUT2D eigenvalue weighted by Gasteiger charge is 2.53. The molecule has 1 aliphatic rings. The molecule has 0 bridgehead atoms. The lowest BCUT2D eigenvalue weighted by atomic mass is 9.96. The van der Waals surface area contributed by atoms with Crippen molar-refractivity contribution in [2.24, 2.45) is 0 Å². The van der Waals surface area contributed by atoms with Gasteiger partial charge in [-0.05, 0) is 48.7 Å². The largest absolute Gasteiger partial charge is 0.497 e. The van der Waals surface area contributed by atoms with Crippen LogP contribution in [-0.2, 0) is 49.3 Å². The summed E-state index contributed by atoms with van der Waals surface area (Å²) in [6.07, 6.45) is -5.86. The van der Waals surface area contributed by atoms with E-state index in [1.807, 2.05) is 50.2 Å². The van der Waals surface area contributed by atoms with Gasteiger partial charge in [0.05, 0.1) is 7.11 Å². The second kappa shape index (κ2) is 14.0. The Morgan fingerprint density at radius 1 is 0.780 bits per heavy atom. The summed E-state index contributed by atoms with van der Waals surface area (Å²) in [5.74, 6) is -1.57. The molecule has 1 fully saturated rings. The molecule has 2 aromatic rings. The van der Waals surface area contributed by atoms with Gasteiger partial charge in [-0.15, -0.1) is 0 Å². The van der Waals surface area contributed by atoms with Crippen molar-refractivity contribution >= 4 is 23.9 Å². The maximum Gasteiger partial charge on any atom is 0.303 e. The number of esters is 4. The minimum absolute atomic E-state index is 0.344. The van der Waals surface area contributed by atoms with Crippen LogP contribution in [0.25, 0.3) is 0 Å². The summed E-state index contributed by atoms with van der Waals surface area (Å²) < 4.78 is 39.4. The van der Waals surface area contributed by atoms with E-state index in [1.165, 1.54) is 20.8 Å². The Hall–Kier alpha value is -4.12. The summed E-state index contributed by atoms with van der Waals surface area (Å²) in [4.78, 5) is 47.9. The quantitative estimate of drug-likeness (QED) is 0.307. The Morgan fingerprint density at radius 3 is 1.93 bits per heavy atom. The average Bonchev–Trinajstić information content (AvgIpc) is 2.88. The topological polar surface area (TPSA) is 133 Å². The number of aryl methyl sites for hydroxylation is 2. The smallest absolute Gasteiger partial charge is 0.303 e. The first kappa shape index (κ1) is 31.4. The van der Waals surface area contributed by atoms with Crippen molar-refractivity contribution in [2.45, 2.75) is 78.7 Å². The van der Waals surface area contributed by atoms with Gasteiger partial charge in [0.1, 0.15) is 24.2 Å². The molecule has 0 aliphatic carbocycles. The van der Waals surface area contributed by atoms with Gasteiger partial charge in [0.2, 0.25) is 12.4 Å². The SMILES string of the molecule is COc1ccc(Cc2c(C)cc(C)cc2O[C@H]2O[C@H](COC(C)=O)[C@@H](OC(C)=O)[C@H](OC(C)=O)[C@H]2OC(C)=O)cc1. The molecule has 2 aromatic carbocycles. The van der Waals surface area contributed by atoms with Crippen LogP contribution >= 0.6 is 0 Å². The van der Waals surface area contributed by atoms with Crippen LogP contribution in [0.15, 0.2) is 36.4 Å². The molecule has 0 saturated carbocycles. The van der Waals surface area contributed by atoms with Crippen LogP contribution < -0.4 is 9.47 Å². The number of rotatable bonds is 10. The molecule has 1 aliphatic heterocycles. The van der Waals surface area contributed by atoms with Gasteiger partial charge in [-0.1, -0.05) is 18.2 Å². The Morgan fingerprint density at radius 2 is 1.37 bits per heavy atom. The molecule has 0 N–H and O–H groups in total. The van der Waals surface area contributed by atoms with Gasteiger partial charge in [-0.25, -0.2) is 0 Å². The number of carbonyl (C=O) groups is 4. The van der Waals surface area contributed by atoms with E-state index in [0.717, 1.165) is 34.9 Å². The van der Waals surface area contributed by atoms with Crippen LogP contribution in [0.3, 0.4) is 0 Å². The molecular formula is C30H36O11. The first-order chi connectivity index (χ1) is 19.4. The van der Waals surface area contributed by atoms with E-state index < -0.39 is 54.6 Å². The first-order valence-corrected chi connectivity index (χ1v) is 13.1. The van der Waals surface area contributed by atoms with Crippen LogP contribution in [0.4, 0.5) is 0 Å². The van der Waals surface area contributed by atoms with Gasteiger partial charge in [-0.3, -0.25) is 19.2 Å². The summed E-state index contributed by atoms with van der Waals surface area (Å²) in [5.41, 5.74) is 3.68. The predicted octanol–water partition coefficient (Wildman–Crippen LogP) is 3.36. The monoisotopic (exact) mass is 572 g/mol. The second-order valence-electron chi connectivity index (χ2n) is 9.77. The highest BCUT2D eigenvalue weighted by Crippen LogP contribution is 2.34. The van der Waals surface area contributed by atoms with E-state index in [9.17, 15) is 19.2 Å². The Bertz CT molecular complexity index is 1250. The van der Waals surface area contributed by atoms with Crippen LogP contribution in [0, 0.1) is 13.8 Å². The highest BCUT2D eigenvalue weighted by molar-refractivity contribution is 5.68. The predicted molar refractivity (Wildman–Crippen MR) is 144 cm³/mol. The summed E-state index contributed by atoms with van der Waals surface area (Å²) in [5, 5.41) is 0. The molecule has 0 spiro atoms. The zero-order valence-electron chi connectivity index (χ0n) is 24.3. The summed E-state index contributed by atoms with van der Waals surface area (Å²) in [7, 11) is 1.60. The van der Waals surface area contributed by atoms with Crippen molar-refractivity contribution in [2.75, 3.05) is 13.7 Å². The van der Waals surface area contributed by atoms with Crippen LogP contribution in [0.5, 0.6) is 11.5 Å². The van der Waals surface area contributed by atoms with Crippen molar-refractivity contribution < 1.29 is 52.3 Å². The zero-order valence-corrected chi connectivity index (χ0v) is 24.3. The third-order valence-electron chi connectivity index (χ3n) is 6.31. The van der Waals surface area contributed by atoms with Gasteiger partial charge in [0, 0.05) is 39.7 Å². The van der Waals surface area contributed by atoms with E-state index in [1.54, 1.807) is 7.11 Å². The lowest BCUT2D eigenvalue weighted by molar-refractivity contribution is -0.288. The lowest BCUT2D eigenvalue weighted by Gasteiger charge is -2.44. The molecule has 0 aromatic heterocycles. The van der Waals surface area contributed by atoms with Crippen LogP contribution in [-0.4, -0.2) is 68.3 Å². The van der Waals surface area contributed by atoms with Gasteiger partial charge in [-0.2, -0.15) is 0 Å². The van der Waals surface area contributed by atoms with E-state index >= 15 is 0 Å². The van der Waals surface area contributed by atoms with Crippen molar-refractivity contribution in [1.29, 1.82) is 0 Å². The average molecular weight is 573 g/mol. The standard InChI is InChI=1S/C30H36O11/c1-16-12-17(2)24(14-22-8-10-23(35-7)11-9-22)25(13-16)40-30-29(39-21(6)34)28(38-20(5)33)27(37-19(4)32)26(41-30)15-36-18(3)31/h8-13,26-30H,14-15H2,1-7H3/t26-,27-,28+,29-,30+/m1/s1. The third-order valence-corrected chi connectivity index (χ3v) is 6.31. The molecule has 11 nitrogen and oxygen atoms in total. The van der Waals surface area contributed by atoms with Gasteiger partial charge >= 0.3 is 23.9 Å². The molecule has 222 valence electrons. The Kier molecular flexibility index (Phi) is 10.7. The molecule has 41 heavy (non-hydrogen) atoms. The molecule has 0 amide bonds. The van der Waals surface area contributed by atoms with Gasteiger partial charge in [0.15, 0.2) is 12.2 Å². The fourth-order valence-corrected chi connectivity index (χ4v) is 4.65. The summed E-state index contributed by atoms with van der Waals surface area (Å²) >= 11 is 0. The van der Waals surface area contributed by atoms with E-state index in [4.69, 9.17) is 33.2 Å². The maximum atomic E-state index is 12.2. The van der Waals surface area contributed by atoms with Crippen molar-refractivity contribution in [3.8, 4) is 11.5 Å². The Labute approximate surface area is 238 Å². The number of hydrogen-bond acceptors (Lipinski definition) is 11. The van der Waals surface area contributed by atoms with Crippen molar-refractivity contribution in [3.63, 3.8) is 0 Å². The molecular weight excluding hydrogens is 536 g/mol. The molecule has 1 saturated heterocycles. The van der Waals surface area contributed by atoms with Crippen molar-refractivity contribution in [1.82, 2.24) is 0 Å². The molecule has 3 rings (SSSR count). The van der Waals surface area contributed by atoms with Gasteiger partial charge < -0.3 is 33.2 Å². The molecule has 0 unspecified atom stereocenters. The third kappa shape index (κ3) is 8.68. The number of methoxy groups -OCH3 is 1. The maximum absolute atomic E-state index is 12.2. The summed E-state index contributed by atoms with van der Waals surface area (Å²) in [6.45, 7) is 8.24. The van der Waals surface area contributed by atoms with E-state index in [-0.39, 0.29) is 6.61 Å². The van der Waals surface area contributed by atoms with Crippen LogP contribution in [0.2, 0.25) is 0 Å². The number of benzene rings is 2. The lowest BCUT2D eigenvalue weighted by Crippen LogP contribution is -2.63. The zero-order chi connectivity index (χ0) is 30.3. The molecule has 11 heteroatoms. The molecule has 5 atom stereocenters. The van der Waals surface area contributed by atoms with Crippen LogP contribution in [0.1, 0.15) is 49.9 Å².